The average Bonchev–Trinajstić information content (AvgIpc) is 2.42. The number of likely N-dealkylation sites (tertiary alicyclic amines) is 1. The molecule has 68 valence electrons. The standard InChI is InChI=1S/C10H17NO/c1-7(2)11-5-8-3-10(12)4-9(8)6-11/h7-9H,3-6H2,1-2H3/t8-,9+. The fourth-order valence-corrected chi connectivity index (χ4v) is 2.53. The van der Waals surface area contributed by atoms with Crippen LogP contribution in [0.1, 0.15) is 26.7 Å². The van der Waals surface area contributed by atoms with E-state index in [1.807, 2.05) is 0 Å². The van der Waals surface area contributed by atoms with Crippen LogP contribution in [0, 0.1) is 11.8 Å². The zero-order valence-electron chi connectivity index (χ0n) is 7.92. The van der Waals surface area contributed by atoms with Crippen LogP contribution in [-0.2, 0) is 4.79 Å². The smallest absolute Gasteiger partial charge is 0.133 e. The number of carbonyl (C=O) groups excluding carboxylic acids is 1. The Morgan fingerprint density at radius 2 is 1.75 bits per heavy atom. The maximum Gasteiger partial charge on any atom is 0.133 e. The zero-order valence-corrected chi connectivity index (χ0v) is 7.92. The molecule has 2 heteroatoms. The van der Waals surface area contributed by atoms with Gasteiger partial charge in [0, 0.05) is 32.0 Å². The molecule has 2 aliphatic rings. The zero-order chi connectivity index (χ0) is 8.72. The minimum atomic E-state index is 0.494. The van der Waals surface area contributed by atoms with Crippen molar-refractivity contribution in [3.05, 3.63) is 0 Å². The number of ketones is 1. The van der Waals surface area contributed by atoms with Crippen molar-refractivity contribution in [2.45, 2.75) is 32.7 Å². The Labute approximate surface area is 73.9 Å². The van der Waals surface area contributed by atoms with Gasteiger partial charge in [0.15, 0.2) is 0 Å². The van der Waals surface area contributed by atoms with Crippen molar-refractivity contribution in [1.82, 2.24) is 4.90 Å². The lowest BCUT2D eigenvalue weighted by atomic mass is 10.0. The summed E-state index contributed by atoms with van der Waals surface area (Å²) in [6, 6.07) is 0.658. The molecular formula is C10H17NO. The monoisotopic (exact) mass is 167 g/mol. The molecule has 12 heavy (non-hydrogen) atoms. The van der Waals surface area contributed by atoms with Gasteiger partial charge < -0.3 is 4.90 Å². The minimum Gasteiger partial charge on any atom is -0.300 e. The summed E-state index contributed by atoms with van der Waals surface area (Å²) >= 11 is 0. The van der Waals surface area contributed by atoms with Crippen molar-refractivity contribution < 1.29 is 4.79 Å². The van der Waals surface area contributed by atoms with E-state index >= 15 is 0 Å². The van der Waals surface area contributed by atoms with Crippen LogP contribution >= 0.6 is 0 Å². The van der Waals surface area contributed by atoms with Gasteiger partial charge in [0.05, 0.1) is 0 Å². The summed E-state index contributed by atoms with van der Waals surface area (Å²) in [6.45, 7) is 6.80. The van der Waals surface area contributed by atoms with Crippen LogP contribution in [0.25, 0.3) is 0 Å². The van der Waals surface area contributed by atoms with E-state index in [1.54, 1.807) is 0 Å². The molecule has 2 atom stereocenters. The highest BCUT2D eigenvalue weighted by molar-refractivity contribution is 5.81. The predicted molar refractivity (Wildman–Crippen MR) is 47.9 cm³/mol. The van der Waals surface area contributed by atoms with Crippen LogP contribution in [0.5, 0.6) is 0 Å². The van der Waals surface area contributed by atoms with Gasteiger partial charge in [0.2, 0.25) is 0 Å². The Hall–Kier alpha value is -0.370. The lowest BCUT2D eigenvalue weighted by Crippen LogP contribution is -2.29. The molecule has 1 saturated heterocycles. The molecule has 0 unspecified atom stereocenters. The van der Waals surface area contributed by atoms with E-state index in [0.717, 1.165) is 25.9 Å². The third kappa shape index (κ3) is 1.28. The van der Waals surface area contributed by atoms with Crippen molar-refractivity contribution in [1.29, 1.82) is 0 Å². The van der Waals surface area contributed by atoms with Crippen LogP contribution < -0.4 is 0 Å². The van der Waals surface area contributed by atoms with E-state index < -0.39 is 0 Å². The highest BCUT2D eigenvalue weighted by Crippen LogP contribution is 2.36. The van der Waals surface area contributed by atoms with Crippen molar-refractivity contribution in [2.75, 3.05) is 13.1 Å². The number of rotatable bonds is 1. The molecule has 0 aromatic rings. The summed E-state index contributed by atoms with van der Waals surface area (Å²) in [5, 5.41) is 0. The Morgan fingerprint density at radius 3 is 2.17 bits per heavy atom. The van der Waals surface area contributed by atoms with E-state index in [0.29, 0.717) is 23.7 Å². The topological polar surface area (TPSA) is 20.3 Å². The van der Waals surface area contributed by atoms with Crippen LogP contribution in [0.3, 0.4) is 0 Å². The quantitative estimate of drug-likeness (QED) is 0.587. The molecular weight excluding hydrogens is 150 g/mol. The summed E-state index contributed by atoms with van der Waals surface area (Å²) in [5.74, 6) is 1.88. The van der Waals surface area contributed by atoms with Crippen LogP contribution in [0.4, 0.5) is 0 Å². The van der Waals surface area contributed by atoms with Gasteiger partial charge in [0.25, 0.3) is 0 Å². The maximum absolute atomic E-state index is 11.1. The summed E-state index contributed by atoms with van der Waals surface area (Å²) in [4.78, 5) is 13.6. The third-order valence-electron chi connectivity index (χ3n) is 3.31. The molecule has 1 aliphatic carbocycles. The van der Waals surface area contributed by atoms with E-state index in [4.69, 9.17) is 0 Å². The van der Waals surface area contributed by atoms with Gasteiger partial charge in [-0.3, -0.25) is 4.79 Å². The summed E-state index contributed by atoms with van der Waals surface area (Å²) < 4.78 is 0. The van der Waals surface area contributed by atoms with Crippen molar-refractivity contribution in [3.63, 3.8) is 0 Å². The fraction of sp³-hybridized carbons (Fsp3) is 0.900. The van der Waals surface area contributed by atoms with Gasteiger partial charge in [-0.05, 0) is 25.7 Å². The number of nitrogens with zero attached hydrogens (tertiary/aromatic N) is 1. The molecule has 2 fully saturated rings. The number of carbonyl (C=O) groups is 1. The molecule has 0 aromatic heterocycles. The molecule has 0 N–H and O–H groups in total. The second-order valence-electron chi connectivity index (χ2n) is 4.51. The lowest BCUT2D eigenvalue weighted by molar-refractivity contribution is -0.118. The second-order valence-corrected chi connectivity index (χ2v) is 4.51. The first kappa shape index (κ1) is 8.24. The maximum atomic E-state index is 11.1. The lowest BCUT2D eigenvalue weighted by Gasteiger charge is -2.20. The molecule has 0 amide bonds. The van der Waals surface area contributed by atoms with E-state index in [-0.39, 0.29) is 0 Å². The van der Waals surface area contributed by atoms with Gasteiger partial charge in [-0.15, -0.1) is 0 Å². The van der Waals surface area contributed by atoms with Crippen LogP contribution in [-0.4, -0.2) is 29.8 Å². The van der Waals surface area contributed by atoms with E-state index in [2.05, 4.69) is 18.7 Å². The molecule has 1 saturated carbocycles. The largest absolute Gasteiger partial charge is 0.300 e. The highest BCUT2D eigenvalue weighted by Gasteiger charge is 2.40. The van der Waals surface area contributed by atoms with Gasteiger partial charge in [-0.1, -0.05) is 0 Å². The molecule has 0 aromatic carbocycles. The number of Topliss-reactive ketones (excluding diaryl/α,β-unsaturated/α-hetero) is 1. The van der Waals surface area contributed by atoms with E-state index in [1.165, 1.54) is 0 Å². The van der Waals surface area contributed by atoms with Gasteiger partial charge in [-0.25, -0.2) is 0 Å². The summed E-state index contributed by atoms with van der Waals surface area (Å²) in [5.41, 5.74) is 0. The van der Waals surface area contributed by atoms with Gasteiger partial charge >= 0.3 is 0 Å². The van der Waals surface area contributed by atoms with Crippen LogP contribution in [0.15, 0.2) is 0 Å². The van der Waals surface area contributed by atoms with Crippen molar-refractivity contribution in [3.8, 4) is 0 Å². The third-order valence-corrected chi connectivity index (χ3v) is 3.31. The molecule has 0 spiro atoms. The summed E-state index contributed by atoms with van der Waals surface area (Å²) in [6.07, 6.45) is 1.71. The molecule has 2 rings (SSSR count). The van der Waals surface area contributed by atoms with Gasteiger partial charge in [-0.2, -0.15) is 0 Å². The number of hydrogen-bond acceptors (Lipinski definition) is 2. The normalized spacial score (nSPS) is 36.4. The predicted octanol–water partition coefficient (Wildman–Crippen LogP) is 1.31. The molecule has 0 radical (unpaired) electrons. The fourth-order valence-electron chi connectivity index (χ4n) is 2.53. The Bertz CT molecular complexity index is 184. The second kappa shape index (κ2) is 2.84. The minimum absolute atomic E-state index is 0.494. The van der Waals surface area contributed by atoms with Crippen molar-refractivity contribution >= 4 is 5.78 Å². The Morgan fingerprint density at radius 1 is 1.25 bits per heavy atom. The SMILES string of the molecule is CC(C)N1C[C@H]2CC(=O)C[C@H]2C1. The number of hydrogen-bond donors (Lipinski definition) is 0. The molecule has 0 bridgehead atoms. The van der Waals surface area contributed by atoms with E-state index in [9.17, 15) is 4.79 Å². The Balaban J connectivity index is 1.97. The Kier molecular flexibility index (Phi) is 1.95. The summed E-state index contributed by atoms with van der Waals surface area (Å²) in [7, 11) is 0. The average molecular weight is 167 g/mol. The highest BCUT2D eigenvalue weighted by atomic mass is 16.1. The molecule has 1 aliphatic heterocycles. The molecule has 1 heterocycles. The first-order valence-electron chi connectivity index (χ1n) is 4.92. The first-order chi connectivity index (χ1) is 5.66. The van der Waals surface area contributed by atoms with Gasteiger partial charge in [0.1, 0.15) is 5.78 Å². The van der Waals surface area contributed by atoms with Crippen LogP contribution in [0.2, 0.25) is 0 Å². The number of fused-ring (bicyclic) bond motifs is 1. The first-order valence-corrected chi connectivity index (χ1v) is 4.92. The van der Waals surface area contributed by atoms with Crippen molar-refractivity contribution in [2.24, 2.45) is 11.8 Å². The molecule has 2 nitrogen and oxygen atoms in total.